The van der Waals surface area contributed by atoms with E-state index in [4.69, 9.17) is 4.74 Å². The molecule has 0 aliphatic heterocycles. The SMILES string of the molecule is Cc1ccc(Sc2ncccc2C(=O)OCC(=O)NC(=O)NC(C)C)cc1C. The van der Waals surface area contributed by atoms with Crippen LogP contribution in [0.2, 0.25) is 0 Å². The third kappa shape index (κ3) is 6.38. The van der Waals surface area contributed by atoms with Gasteiger partial charge in [0.25, 0.3) is 5.91 Å². The van der Waals surface area contributed by atoms with Gasteiger partial charge in [0.05, 0.1) is 5.56 Å². The van der Waals surface area contributed by atoms with Gasteiger partial charge >= 0.3 is 12.0 Å². The number of hydrogen-bond donors (Lipinski definition) is 2. The molecule has 0 atom stereocenters. The van der Waals surface area contributed by atoms with Crippen LogP contribution < -0.4 is 10.6 Å². The van der Waals surface area contributed by atoms with E-state index in [2.05, 4.69) is 15.6 Å². The fourth-order valence-corrected chi connectivity index (χ4v) is 3.16. The average molecular weight is 401 g/mol. The number of pyridine rings is 1. The summed E-state index contributed by atoms with van der Waals surface area (Å²) in [5.74, 6) is -1.39. The predicted octanol–water partition coefficient (Wildman–Crippen LogP) is 3.24. The number of esters is 1. The second-order valence-electron chi connectivity index (χ2n) is 6.46. The zero-order chi connectivity index (χ0) is 20.7. The summed E-state index contributed by atoms with van der Waals surface area (Å²) in [7, 11) is 0. The van der Waals surface area contributed by atoms with Gasteiger partial charge in [-0.1, -0.05) is 17.8 Å². The molecule has 0 saturated heterocycles. The number of carbonyl (C=O) groups excluding carboxylic acids is 3. The molecule has 1 aromatic carbocycles. The van der Waals surface area contributed by atoms with Crippen LogP contribution in [0.5, 0.6) is 0 Å². The van der Waals surface area contributed by atoms with Crippen LogP contribution in [0.15, 0.2) is 46.5 Å². The number of rotatable bonds is 6. The first-order chi connectivity index (χ1) is 13.3. The van der Waals surface area contributed by atoms with Crippen molar-refractivity contribution in [2.45, 2.75) is 43.7 Å². The van der Waals surface area contributed by atoms with Gasteiger partial charge in [-0.25, -0.2) is 14.6 Å². The highest BCUT2D eigenvalue weighted by atomic mass is 32.2. The Bertz CT molecular complexity index is 884. The van der Waals surface area contributed by atoms with Crippen molar-refractivity contribution >= 4 is 29.7 Å². The molecule has 0 fully saturated rings. The molecule has 0 aliphatic carbocycles. The van der Waals surface area contributed by atoms with Gasteiger partial charge in [0, 0.05) is 17.1 Å². The lowest BCUT2D eigenvalue weighted by Crippen LogP contribution is -2.44. The van der Waals surface area contributed by atoms with E-state index in [1.54, 1.807) is 32.2 Å². The van der Waals surface area contributed by atoms with Crippen LogP contribution in [0.3, 0.4) is 0 Å². The summed E-state index contributed by atoms with van der Waals surface area (Å²) in [6, 6.07) is 8.44. The summed E-state index contributed by atoms with van der Waals surface area (Å²) in [5, 5.41) is 5.09. The van der Waals surface area contributed by atoms with Crippen molar-refractivity contribution in [2.24, 2.45) is 0 Å². The normalized spacial score (nSPS) is 10.5. The molecule has 0 bridgehead atoms. The molecule has 0 radical (unpaired) electrons. The second kappa shape index (κ2) is 9.89. The van der Waals surface area contributed by atoms with Crippen molar-refractivity contribution in [3.05, 3.63) is 53.2 Å². The fourth-order valence-electron chi connectivity index (χ4n) is 2.19. The summed E-state index contributed by atoms with van der Waals surface area (Å²) >= 11 is 1.34. The van der Waals surface area contributed by atoms with Gasteiger partial charge in [0.2, 0.25) is 0 Å². The van der Waals surface area contributed by atoms with Crippen molar-refractivity contribution in [3.8, 4) is 0 Å². The van der Waals surface area contributed by atoms with Crippen molar-refractivity contribution in [2.75, 3.05) is 6.61 Å². The summed E-state index contributed by atoms with van der Waals surface area (Å²) in [4.78, 5) is 40.8. The van der Waals surface area contributed by atoms with Crippen molar-refractivity contribution < 1.29 is 19.1 Å². The van der Waals surface area contributed by atoms with E-state index in [9.17, 15) is 14.4 Å². The number of nitrogens with one attached hydrogen (secondary N) is 2. The van der Waals surface area contributed by atoms with Crippen molar-refractivity contribution in [1.82, 2.24) is 15.6 Å². The molecule has 3 amide bonds. The molecule has 2 N–H and O–H groups in total. The third-order valence-corrected chi connectivity index (χ3v) is 4.70. The predicted molar refractivity (Wildman–Crippen MR) is 106 cm³/mol. The standard InChI is InChI=1S/C20H23N3O4S/c1-12(2)22-20(26)23-17(24)11-27-19(25)16-6-5-9-21-18(16)28-15-8-7-13(3)14(4)10-15/h5-10,12H,11H2,1-4H3,(H2,22,23,24,26). The average Bonchev–Trinajstić information content (AvgIpc) is 2.62. The van der Waals surface area contributed by atoms with E-state index in [1.807, 2.05) is 32.0 Å². The molecule has 2 aromatic rings. The van der Waals surface area contributed by atoms with Gasteiger partial charge in [-0.3, -0.25) is 10.1 Å². The van der Waals surface area contributed by atoms with Gasteiger partial charge in [-0.2, -0.15) is 0 Å². The molecule has 2 rings (SSSR count). The molecular weight excluding hydrogens is 378 g/mol. The van der Waals surface area contributed by atoms with E-state index in [0.29, 0.717) is 5.03 Å². The number of aryl methyl sites for hydroxylation is 2. The van der Waals surface area contributed by atoms with Crippen LogP contribution in [-0.2, 0) is 9.53 Å². The Morgan fingerprint density at radius 1 is 1.14 bits per heavy atom. The van der Waals surface area contributed by atoms with Crippen LogP contribution in [-0.4, -0.2) is 35.5 Å². The second-order valence-corrected chi connectivity index (χ2v) is 7.52. The molecule has 0 aliphatic rings. The minimum Gasteiger partial charge on any atom is -0.452 e. The lowest BCUT2D eigenvalue weighted by molar-refractivity contribution is -0.123. The number of benzene rings is 1. The monoisotopic (exact) mass is 401 g/mol. The Morgan fingerprint density at radius 2 is 1.89 bits per heavy atom. The minimum absolute atomic E-state index is 0.115. The van der Waals surface area contributed by atoms with E-state index < -0.39 is 24.5 Å². The Balaban J connectivity index is 2.01. The van der Waals surface area contributed by atoms with Crippen molar-refractivity contribution in [3.63, 3.8) is 0 Å². The highest BCUT2D eigenvalue weighted by Crippen LogP contribution is 2.30. The Labute approximate surface area is 168 Å². The Kier molecular flexibility index (Phi) is 7.57. The fraction of sp³-hybridized carbons (Fsp3) is 0.300. The number of aromatic nitrogens is 1. The molecule has 1 heterocycles. The van der Waals surface area contributed by atoms with Gasteiger partial charge in [-0.05, 0) is 63.1 Å². The van der Waals surface area contributed by atoms with Crippen LogP contribution in [0.1, 0.15) is 35.3 Å². The number of urea groups is 1. The third-order valence-electron chi connectivity index (χ3n) is 3.69. The van der Waals surface area contributed by atoms with Crippen molar-refractivity contribution in [1.29, 1.82) is 0 Å². The molecule has 8 heteroatoms. The van der Waals surface area contributed by atoms with E-state index >= 15 is 0 Å². The summed E-state index contributed by atoms with van der Waals surface area (Å²) in [6.07, 6.45) is 1.59. The first-order valence-corrected chi connectivity index (χ1v) is 9.55. The maximum absolute atomic E-state index is 12.4. The molecule has 28 heavy (non-hydrogen) atoms. The molecular formula is C20H23N3O4S. The molecule has 148 valence electrons. The van der Waals surface area contributed by atoms with E-state index in [0.717, 1.165) is 10.5 Å². The van der Waals surface area contributed by atoms with Crippen LogP contribution in [0.25, 0.3) is 0 Å². The first-order valence-electron chi connectivity index (χ1n) is 8.74. The molecule has 1 aromatic heterocycles. The van der Waals surface area contributed by atoms with Gasteiger partial charge in [0.1, 0.15) is 5.03 Å². The highest BCUT2D eigenvalue weighted by Gasteiger charge is 2.17. The van der Waals surface area contributed by atoms with Crippen LogP contribution in [0, 0.1) is 13.8 Å². The highest BCUT2D eigenvalue weighted by molar-refractivity contribution is 7.99. The largest absolute Gasteiger partial charge is 0.452 e. The van der Waals surface area contributed by atoms with E-state index in [1.165, 1.54) is 17.3 Å². The van der Waals surface area contributed by atoms with Crippen LogP contribution >= 0.6 is 11.8 Å². The van der Waals surface area contributed by atoms with Gasteiger partial charge in [-0.15, -0.1) is 0 Å². The smallest absolute Gasteiger partial charge is 0.341 e. The van der Waals surface area contributed by atoms with Crippen LogP contribution in [0.4, 0.5) is 4.79 Å². The topological polar surface area (TPSA) is 97.4 Å². The maximum atomic E-state index is 12.4. The summed E-state index contributed by atoms with van der Waals surface area (Å²) in [6.45, 7) is 7.01. The number of amides is 3. The number of carbonyl (C=O) groups is 3. The minimum atomic E-state index is -0.709. The van der Waals surface area contributed by atoms with Gasteiger partial charge in [0.15, 0.2) is 6.61 Å². The summed E-state index contributed by atoms with van der Waals surface area (Å²) in [5.41, 5.74) is 2.57. The quantitative estimate of drug-likeness (QED) is 0.721. The lowest BCUT2D eigenvalue weighted by atomic mass is 10.1. The van der Waals surface area contributed by atoms with Gasteiger partial charge < -0.3 is 10.1 Å². The Hall–Kier alpha value is -2.87. The first kappa shape index (κ1) is 21.4. The summed E-state index contributed by atoms with van der Waals surface area (Å²) < 4.78 is 5.03. The zero-order valence-electron chi connectivity index (χ0n) is 16.2. The molecule has 0 spiro atoms. The van der Waals surface area contributed by atoms with E-state index in [-0.39, 0.29) is 11.6 Å². The number of imide groups is 1. The molecule has 0 saturated carbocycles. The zero-order valence-corrected chi connectivity index (χ0v) is 17.1. The Morgan fingerprint density at radius 3 is 2.57 bits per heavy atom. The number of nitrogens with zero attached hydrogens (tertiary/aromatic N) is 1. The number of hydrogen-bond acceptors (Lipinski definition) is 6. The maximum Gasteiger partial charge on any atom is 0.341 e. The number of ether oxygens (including phenoxy) is 1. The molecule has 0 unspecified atom stereocenters. The molecule has 7 nitrogen and oxygen atoms in total. The lowest BCUT2D eigenvalue weighted by Gasteiger charge is -2.11.